The van der Waals surface area contributed by atoms with E-state index in [1.807, 2.05) is 39.0 Å². The number of amides is 1. The van der Waals surface area contributed by atoms with Crippen molar-refractivity contribution in [1.29, 1.82) is 0 Å². The maximum Gasteiger partial charge on any atom is 0.339 e. The van der Waals surface area contributed by atoms with E-state index in [1.165, 1.54) is 14.0 Å². The van der Waals surface area contributed by atoms with Crippen LogP contribution in [0.4, 0.5) is 5.69 Å². The van der Waals surface area contributed by atoms with Gasteiger partial charge in [0.25, 0.3) is 5.91 Å². The summed E-state index contributed by atoms with van der Waals surface area (Å²) in [7, 11) is 1.50. The van der Waals surface area contributed by atoms with Gasteiger partial charge in [0, 0.05) is 5.69 Å². The number of hydrogen-bond acceptors (Lipinski definition) is 5. The lowest BCUT2D eigenvalue weighted by Gasteiger charge is -2.16. The standard InChI is InChI=1S/C22H27NO5/c1-14(2)13-27-19-11-10-17(12-20(19)26-5)22(25)28-16(4)21(24)23-18-9-7-6-8-15(18)3/h6-12,14,16H,13H2,1-5H3,(H,23,24)/t16-/m0/s1. The summed E-state index contributed by atoms with van der Waals surface area (Å²) in [5.41, 5.74) is 1.89. The molecule has 1 amide bonds. The van der Waals surface area contributed by atoms with Crippen molar-refractivity contribution in [3.8, 4) is 11.5 Å². The molecule has 0 saturated carbocycles. The summed E-state index contributed by atoms with van der Waals surface area (Å²) < 4.78 is 16.3. The van der Waals surface area contributed by atoms with Gasteiger partial charge in [-0.2, -0.15) is 0 Å². The van der Waals surface area contributed by atoms with Gasteiger partial charge >= 0.3 is 5.97 Å². The molecule has 0 unspecified atom stereocenters. The van der Waals surface area contributed by atoms with Crippen molar-refractivity contribution in [2.24, 2.45) is 5.92 Å². The Morgan fingerprint density at radius 1 is 1.04 bits per heavy atom. The molecule has 0 radical (unpaired) electrons. The van der Waals surface area contributed by atoms with E-state index >= 15 is 0 Å². The number of nitrogens with one attached hydrogen (secondary N) is 1. The number of anilines is 1. The van der Waals surface area contributed by atoms with Crippen LogP contribution in [0.2, 0.25) is 0 Å². The second-order valence-electron chi connectivity index (χ2n) is 6.92. The Morgan fingerprint density at radius 3 is 2.39 bits per heavy atom. The topological polar surface area (TPSA) is 73.9 Å². The van der Waals surface area contributed by atoms with Crippen LogP contribution in [-0.2, 0) is 9.53 Å². The van der Waals surface area contributed by atoms with Crippen LogP contribution in [0.1, 0.15) is 36.7 Å². The van der Waals surface area contributed by atoms with E-state index in [1.54, 1.807) is 24.3 Å². The highest BCUT2D eigenvalue weighted by molar-refractivity contribution is 5.97. The lowest BCUT2D eigenvalue weighted by Crippen LogP contribution is -2.30. The smallest absolute Gasteiger partial charge is 0.339 e. The quantitative estimate of drug-likeness (QED) is 0.689. The first-order chi connectivity index (χ1) is 13.3. The second-order valence-corrected chi connectivity index (χ2v) is 6.92. The molecule has 150 valence electrons. The maximum atomic E-state index is 12.4. The molecule has 0 aliphatic heterocycles. The summed E-state index contributed by atoms with van der Waals surface area (Å²) in [5, 5.41) is 2.76. The van der Waals surface area contributed by atoms with E-state index in [0.29, 0.717) is 29.7 Å². The van der Waals surface area contributed by atoms with Crippen molar-refractivity contribution in [3.63, 3.8) is 0 Å². The number of methoxy groups -OCH3 is 1. The van der Waals surface area contributed by atoms with Gasteiger partial charge in [0.05, 0.1) is 19.3 Å². The summed E-state index contributed by atoms with van der Waals surface area (Å²) in [5.74, 6) is 0.347. The Kier molecular flexibility index (Phi) is 7.44. The number of para-hydroxylation sites is 1. The molecule has 0 fully saturated rings. The van der Waals surface area contributed by atoms with E-state index < -0.39 is 18.0 Å². The third-order valence-electron chi connectivity index (χ3n) is 4.03. The van der Waals surface area contributed by atoms with Crippen LogP contribution in [0.5, 0.6) is 11.5 Å². The molecule has 2 rings (SSSR count). The second kappa shape index (κ2) is 9.78. The molecule has 2 aromatic carbocycles. The Labute approximate surface area is 165 Å². The molecule has 0 aromatic heterocycles. The molecule has 0 saturated heterocycles. The van der Waals surface area contributed by atoms with Gasteiger partial charge in [0.1, 0.15) is 0 Å². The first-order valence-electron chi connectivity index (χ1n) is 9.20. The molecular formula is C22H27NO5. The van der Waals surface area contributed by atoms with Gasteiger partial charge in [-0.25, -0.2) is 4.79 Å². The number of benzene rings is 2. The molecule has 0 spiro atoms. The zero-order valence-corrected chi connectivity index (χ0v) is 16.9. The largest absolute Gasteiger partial charge is 0.493 e. The van der Waals surface area contributed by atoms with Gasteiger partial charge in [-0.3, -0.25) is 4.79 Å². The van der Waals surface area contributed by atoms with Crippen LogP contribution in [0.15, 0.2) is 42.5 Å². The first-order valence-corrected chi connectivity index (χ1v) is 9.20. The highest BCUT2D eigenvalue weighted by Gasteiger charge is 2.20. The zero-order valence-electron chi connectivity index (χ0n) is 16.9. The van der Waals surface area contributed by atoms with Crippen molar-refractivity contribution in [1.82, 2.24) is 0 Å². The first kappa shape index (κ1) is 21.3. The average molecular weight is 385 g/mol. The van der Waals surface area contributed by atoms with Gasteiger partial charge in [0.2, 0.25) is 0 Å². The number of carbonyl (C=O) groups excluding carboxylic acids is 2. The predicted octanol–water partition coefficient (Wildman–Crippen LogP) is 4.22. The lowest BCUT2D eigenvalue weighted by atomic mass is 10.2. The molecule has 28 heavy (non-hydrogen) atoms. The number of carbonyl (C=O) groups is 2. The molecule has 0 aliphatic carbocycles. The number of esters is 1. The summed E-state index contributed by atoms with van der Waals surface area (Å²) in [6.07, 6.45) is -0.949. The Balaban J connectivity index is 2.03. The minimum Gasteiger partial charge on any atom is -0.493 e. The van der Waals surface area contributed by atoms with Crippen LogP contribution in [0.25, 0.3) is 0 Å². The van der Waals surface area contributed by atoms with Crippen LogP contribution < -0.4 is 14.8 Å². The van der Waals surface area contributed by atoms with E-state index in [9.17, 15) is 9.59 Å². The lowest BCUT2D eigenvalue weighted by molar-refractivity contribution is -0.123. The van der Waals surface area contributed by atoms with Crippen molar-refractivity contribution in [2.45, 2.75) is 33.8 Å². The molecule has 2 aromatic rings. The summed E-state index contributed by atoms with van der Waals surface area (Å²) in [6.45, 7) is 8.05. The van der Waals surface area contributed by atoms with E-state index in [-0.39, 0.29) is 5.56 Å². The molecule has 0 bridgehead atoms. The highest BCUT2D eigenvalue weighted by atomic mass is 16.5. The maximum absolute atomic E-state index is 12.4. The monoisotopic (exact) mass is 385 g/mol. The summed E-state index contributed by atoms with van der Waals surface area (Å²) >= 11 is 0. The third-order valence-corrected chi connectivity index (χ3v) is 4.03. The fourth-order valence-electron chi connectivity index (χ4n) is 2.40. The van der Waals surface area contributed by atoms with Crippen LogP contribution >= 0.6 is 0 Å². The molecule has 1 N–H and O–H groups in total. The van der Waals surface area contributed by atoms with Crippen LogP contribution in [0.3, 0.4) is 0 Å². The fourth-order valence-corrected chi connectivity index (χ4v) is 2.40. The Morgan fingerprint density at radius 2 is 1.75 bits per heavy atom. The van der Waals surface area contributed by atoms with Gasteiger partial charge in [-0.1, -0.05) is 32.0 Å². The fraction of sp³-hybridized carbons (Fsp3) is 0.364. The van der Waals surface area contributed by atoms with Gasteiger partial charge in [0.15, 0.2) is 17.6 Å². The highest BCUT2D eigenvalue weighted by Crippen LogP contribution is 2.29. The SMILES string of the molecule is COc1cc(C(=O)O[C@@H](C)C(=O)Nc2ccccc2C)ccc1OCC(C)C. The summed E-state index contributed by atoms with van der Waals surface area (Å²) in [4.78, 5) is 24.8. The zero-order chi connectivity index (χ0) is 20.7. The Hall–Kier alpha value is -3.02. The van der Waals surface area contributed by atoms with Gasteiger partial charge in [-0.05, 0) is 49.6 Å². The third kappa shape index (κ3) is 5.74. The minimum absolute atomic E-state index is 0.282. The van der Waals surface area contributed by atoms with Gasteiger partial charge in [-0.15, -0.1) is 0 Å². The summed E-state index contributed by atoms with van der Waals surface area (Å²) in [6, 6.07) is 12.2. The normalized spacial score (nSPS) is 11.6. The number of rotatable bonds is 8. The van der Waals surface area contributed by atoms with Crippen molar-refractivity contribution >= 4 is 17.6 Å². The van der Waals surface area contributed by atoms with E-state index in [2.05, 4.69) is 5.32 Å². The van der Waals surface area contributed by atoms with E-state index in [0.717, 1.165) is 5.56 Å². The molecular weight excluding hydrogens is 358 g/mol. The minimum atomic E-state index is -0.949. The number of aryl methyl sites for hydroxylation is 1. The molecule has 6 nitrogen and oxygen atoms in total. The van der Waals surface area contributed by atoms with Crippen LogP contribution in [-0.4, -0.2) is 31.7 Å². The van der Waals surface area contributed by atoms with Gasteiger partial charge < -0.3 is 19.5 Å². The molecule has 6 heteroatoms. The predicted molar refractivity (Wildman–Crippen MR) is 108 cm³/mol. The number of hydrogen-bond donors (Lipinski definition) is 1. The van der Waals surface area contributed by atoms with Crippen molar-refractivity contribution in [3.05, 3.63) is 53.6 Å². The van der Waals surface area contributed by atoms with Crippen molar-refractivity contribution in [2.75, 3.05) is 19.0 Å². The average Bonchev–Trinajstić information content (AvgIpc) is 2.67. The van der Waals surface area contributed by atoms with E-state index in [4.69, 9.17) is 14.2 Å². The Bertz CT molecular complexity index is 831. The van der Waals surface area contributed by atoms with Crippen molar-refractivity contribution < 1.29 is 23.8 Å². The molecule has 0 heterocycles. The molecule has 1 atom stereocenters. The van der Waals surface area contributed by atoms with Crippen LogP contribution in [0, 0.1) is 12.8 Å². The number of ether oxygens (including phenoxy) is 3. The molecule has 0 aliphatic rings.